The van der Waals surface area contributed by atoms with Crippen molar-refractivity contribution >= 4 is 23.2 Å². The maximum atomic E-state index is 5.41. The van der Waals surface area contributed by atoms with E-state index in [1.165, 1.54) is 0 Å². The zero-order valence-electron chi connectivity index (χ0n) is 4.74. The van der Waals surface area contributed by atoms with Crippen molar-refractivity contribution in [1.29, 1.82) is 0 Å². The first kappa shape index (κ1) is 8.54. The molecule has 0 aromatic rings. The lowest BCUT2D eigenvalue weighted by Gasteiger charge is -2.10. The van der Waals surface area contributed by atoms with Gasteiger partial charge in [-0.1, -0.05) is 0 Å². The third kappa shape index (κ3) is 4.69. The fraction of sp³-hybridized carbons (Fsp3) is 0.800. The highest BCUT2D eigenvalue weighted by Crippen LogP contribution is 1.86. The van der Waals surface area contributed by atoms with Gasteiger partial charge < -0.3 is 0 Å². The van der Waals surface area contributed by atoms with Crippen molar-refractivity contribution in [1.82, 2.24) is 4.90 Å². The Kier molecular flexibility index (Phi) is 6.06. The van der Waals surface area contributed by atoms with E-state index in [-0.39, 0.29) is 0 Å². The van der Waals surface area contributed by atoms with Gasteiger partial charge >= 0.3 is 0 Å². The molecule has 3 heteroatoms. The molecule has 0 saturated carbocycles. The first-order valence-corrected chi connectivity index (χ1v) is 3.55. The Bertz CT molecular complexity index is 43.7. The summed E-state index contributed by atoms with van der Waals surface area (Å²) in [5.74, 6) is 1.25. The number of halogens is 2. The molecule has 0 rings (SSSR count). The summed E-state index contributed by atoms with van der Waals surface area (Å²) in [6, 6.07) is 0. The Labute approximate surface area is 60.6 Å². The van der Waals surface area contributed by atoms with E-state index >= 15 is 0 Å². The highest BCUT2D eigenvalue weighted by Gasteiger charge is 1.92. The first-order valence-electron chi connectivity index (χ1n) is 2.48. The highest BCUT2D eigenvalue weighted by molar-refractivity contribution is 6.18. The zero-order valence-corrected chi connectivity index (χ0v) is 6.25. The lowest BCUT2D eigenvalue weighted by atomic mass is 10.6. The van der Waals surface area contributed by atoms with Gasteiger partial charge in [0.25, 0.3) is 0 Å². The molecule has 0 N–H and O–H groups in total. The molecule has 1 radical (unpaired) electrons. The van der Waals surface area contributed by atoms with Gasteiger partial charge in [-0.15, -0.1) is 23.2 Å². The molecule has 0 aliphatic heterocycles. The van der Waals surface area contributed by atoms with E-state index in [1.807, 2.05) is 4.90 Å². The summed E-state index contributed by atoms with van der Waals surface area (Å²) in [5.41, 5.74) is 0. The predicted octanol–water partition coefficient (Wildman–Crippen LogP) is 1.56. The normalized spacial score (nSPS) is 10.5. The molecule has 0 unspecified atom stereocenters. The topological polar surface area (TPSA) is 3.24 Å². The van der Waals surface area contributed by atoms with Crippen molar-refractivity contribution in [2.45, 2.75) is 0 Å². The van der Waals surface area contributed by atoms with Gasteiger partial charge in [-0.25, -0.2) is 0 Å². The van der Waals surface area contributed by atoms with Crippen LogP contribution in [0.4, 0.5) is 0 Å². The molecule has 0 amide bonds. The molecule has 0 bridgehead atoms. The van der Waals surface area contributed by atoms with Gasteiger partial charge in [-0.05, 0) is 0 Å². The SMILES string of the molecule is [CH2]N(CCCl)CCCl. The minimum absolute atomic E-state index is 0.625. The average molecular weight is 155 g/mol. The van der Waals surface area contributed by atoms with Crippen molar-refractivity contribution < 1.29 is 0 Å². The van der Waals surface area contributed by atoms with Crippen molar-refractivity contribution in [3.05, 3.63) is 7.05 Å². The van der Waals surface area contributed by atoms with E-state index in [0.717, 1.165) is 13.1 Å². The van der Waals surface area contributed by atoms with Gasteiger partial charge in [-0.3, -0.25) is 4.90 Å². The molecule has 0 aromatic carbocycles. The molecule has 0 saturated heterocycles. The maximum absolute atomic E-state index is 5.41. The van der Waals surface area contributed by atoms with E-state index in [4.69, 9.17) is 23.2 Å². The van der Waals surface area contributed by atoms with E-state index in [0.29, 0.717) is 11.8 Å². The largest absolute Gasteiger partial charge is 0.300 e. The lowest BCUT2D eigenvalue weighted by molar-refractivity contribution is 0.418. The summed E-state index contributed by atoms with van der Waals surface area (Å²) in [6.45, 7) is 1.63. The van der Waals surface area contributed by atoms with Crippen LogP contribution in [0.5, 0.6) is 0 Å². The number of hydrogen-bond acceptors (Lipinski definition) is 1. The molecular formula is C5H10Cl2N. The molecule has 0 spiro atoms. The second kappa shape index (κ2) is 5.67. The Morgan fingerprint density at radius 3 is 1.75 bits per heavy atom. The van der Waals surface area contributed by atoms with Crippen LogP contribution >= 0.6 is 23.2 Å². The van der Waals surface area contributed by atoms with Crippen molar-refractivity contribution in [3.63, 3.8) is 0 Å². The third-order valence-corrected chi connectivity index (χ3v) is 1.14. The Balaban J connectivity index is 2.92. The molecule has 0 aliphatic rings. The summed E-state index contributed by atoms with van der Waals surface area (Å²) in [5, 5.41) is 0. The minimum atomic E-state index is 0.625. The third-order valence-electron chi connectivity index (χ3n) is 0.801. The Hall–Kier alpha value is 0.540. The molecule has 0 aliphatic carbocycles. The average Bonchev–Trinajstić information content (AvgIpc) is 1.68. The van der Waals surface area contributed by atoms with Crippen LogP contribution in [0.15, 0.2) is 0 Å². The number of rotatable bonds is 4. The number of hydrogen-bond donors (Lipinski definition) is 0. The van der Waals surface area contributed by atoms with Gasteiger partial charge in [0.2, 0.25) is 0 Å². The smallest absolute Gasteiger partial charge is 0.0351 e. The second-order valence-electron chi connectivity index (χ2n) is 1.50. The van der Waals surface area contributed by atoms with E-state index in [2.05, 4.69) is 7.05 Å². The highest BCUT2D eigenvalue weighted by atomic mass is 35.5. The maximum Gasteiger partial charge on any atom is 0.0351 e. The number of nitrogens with zero attached hydrogens (tertiary/aromatic N) is 1. The molecule has 0 aromatic heterocycles. The van der Waals surface area contributed by atoms with Gasteiger partial charge in [0.05, 0.1) is 0 Å². The van der Waals surface area contributed by atoms with Gasteiger partial charge in [0, 0.05) is 31.9 Å². The van der Waals surface area contributed by atoms with Gasteiger partial charge in [0.1, 0.15) is 0 Å². The fourth-order valence-electron chi connectivity index (χ4n) is 0.351. The van der Waals surface area contributed by atoms with Gasteiger partial charge in [-0.2, -0.15) is 0 Å². The van der Waals surface area contributed by atoms with E-state index < -0.39 is 0 Å². The van der Waals surface area contributed by atoms with Crippen LogP contribution in [0.2, 0.25) is 0 Å². The monoisotopic (exact) mass is 154 g/mol. The van der Waals surface area contributed by atoms with Crippen LogP contribution in [-0.2, 0) is 0 Å². The Morgan fingerprint density at radius 2 is 1.50 bits per heavy atom. The van der Waals surface area contributed by atoms with Crippen molar-refractivity contribution in [3.8, 4) is 0 Å². The van der Waals surface area contributed by atoms with E-state index in [1.54, 1.807) is 0 Å². The fourth-order valence-corrected chi connectivity index (χ4v) is 0.829. The standard InChI is InChI=1S/C5H10Cl2N/c1-8(4-2-6)5-3-7/h1-5H2. The first-order chi connectivity index (χ1) is 3.81. The Morgan fingerprint density at radius 1 is 1.12 bits per heavy atom. The molecule has 0 heterocycles. The molecular weight excluding hydrogens is 145 g/mol. The van der Waals surface area contributed by atoms with Crippen LogP contribution in [0.3, 0.4) is 0 Å². The summed E-state index contributed by atoms with van der Waals surface area (Å²) >= 11 is 10.8. The minimum Gasteiger partial charge on any atom is -0.300 e. The summed E-state index contributed by atoms with van der Waals surface area (Å²) in [4.78, 5) is 1.85. The van der Waals surface area contributed by atoms with Crippen molar-refractivity contribution in [2.24, 2.45) is 0 Å². The molecule has 0 atom stereocenters. The van der Waals surface area contributed by atoms with Crippen molar-refractivity contribution in [2.75, 3.05) is 24.8 Å². The van der Waals surface area contributed by atoms with E-state index in [9.17, 15) is 0 Å². The van der Waals surface area contributed by atoms with Crippen LogP contribution in [-0.4, -0.2) is 29.7 Å². The molecule has 8 heavy (non-hydrogen) atoms. The zero-order chi connectivity index (χ0) is 6.41. The quantitative estimate of drug-likeness (QED) is 0.557. The van der Waals surface area contributed by atoms with Crippen LogP contribution < -0.4 is 0 Å². The second-order valence-corrected chi connectivity index (χ2v) is 2.25. The molecule has 0 fully saturated rings. The van der Waals surface area contributed by atoms with Crippen LogP contribution in [0, 0.1) is 7.05 Å². The summed E-state index contributed by atoms with van der Waals surface area (Å²) in [7, 11) is 3.68. The van der Waals surface area contributed by atoms with Gasteiger partial charge in [0.15, 0.2) is 0 Å². The predicted molar refractivity (Wildman–Crippen MR) is 38.4 cm³/mol. The van der Waals surface area contributed by atoms with Crippen LogP contribution in [0.25, 0.3) is 0 Å². The molecule has 49 valence electrons. The number of alkyl halides is 2. The summed E-state index contributed by atoms with van der Waals surface area (Å²) < 4.78 is 0. The van der Waals surface area contributed by atoms with Crippen LogP contribution in [0.1, 0.15) is 0 Å². The lowest BCUT2D eigenvalue weighted by Crippen LogP contribution is -2.20. The summed E-state index contributed by atoms with van der Waals surface area (Å²) in [6.07, 6.45) is 0. The molecule has 1 nitrogen and oxygen atoms in total.